The molecule has 0 N–H and O–H groups in total. The zero-order valence-corrected chi connectivity index (χ0v) is 14.1. The standard InChI is InChI=1S/C24H19N/c1-2-3-16-25-21-14-12-17-8-4-6-10-19(17)23(21)24-20-11-7-5-9-18(20)13-15-22(24)25/h2,4-15H,1,3,16H2. The van der Waals surface area contributed by atoms with Crippen molar-refractivity contribution in [3.63, 3.8) is 0 Å². The third-order valence-electron chi connectivity index (χ3n) is 5.20. The van der Waals surface area contributed by atoms with Gasteiger partial charge in [-0.3, -0.25) is 0 Å². The number of rotatable bonds is 3. The van der Waals surface area contributed by atoms with Crippen molar-refractivity contribution in [3.05, 3.63) is 85.5 Å². The van der Waals surface area contributed by atoms with Crippen molar-refractivity contribution in [2.24, 2.45) is 0 Å². The van der Waals surface area contributed by atoms with E-state index in [0.29, 0.717) is 0 Å². The Morgan fingerprint density at radius 1 is 0.680 bits per heavy atom. The van der Waals surface area contributed by atoms with E-state index in [1.165, 1.54) is 43.4 Å². The van der Waals surface area contributed by atoms with Gasteiger partial charge in [0.25, 0.3) is 0 Å². The molecule has 5 aromatic rings. The number of benzene rings is 4. The second kappa shape index (κ2) is 5.49. The predicted molar refractivity (Wildman–Crippen MR) is 109 cm³/mol. The maximum atomic E-state index is 3.91. The fourth-order valence-corrected chi connectivity index (χ4v) is 4.09. The quantitative estimate of drug-likeness (QED) is 0.327. The van der Waals surface area contributed by atoms with Gasteiger partial charge in [-0.15, -0.1) is 6.58 Å². The van der Waals surface area contributed by atoms with E-state index in [4.69, 9.17) is 0 Å². The van der Waals surface area contributed by atoms with Gasteiger partial charge in [-0.2, -0.15) is 0 Å². The van der Waals surface area contributed by atoms with Crippen molar-refractivity contribution in [1.82, 2.24) is 4.57 Å². The summed E-state index contributed by atoms with van der Waals surface area (Å²) in [6.45, 7) is 4.87. The summed E-state index contributed by atoms with van der Waals surface area (Å²) in [6.07, 6.45) is 2.97. The minimum atomic E-state index is 0.959. The molecule has 0 unspecified atom stereocenters. The van der Waals surface area contributed by atoms with Crippen LogP contribution in [-0.4, -0.2) is 4.57 Å². The topological polar surface area (TPSA) is 4.93 Å². The lowest BCUT2D eigenvalue weighted by molar-refractivity contribution is 0.763. The fraction of sp³-hybridized carbons (Fsp3) is 0.0833. The van der Waals surface area contributed by atoms with Crippen LogP contribution in [0.3, 0.4) is 0 Å². The van der Waals surface area contributed by atoms with E-state index in [-0.39, 0.29) is 0 Å². The van der Waals surface area contributed by atoms with Gasteiger partial charge in [-0.25, -0.2) is 0 Å². The monoisotopic (exact) mass is 321 g/mol. The largest absolute Gasteiger partial charge is 0.340 e. The van der Waals surface area contributed by atoms with Gasteiger partial charge in [0.1, 0.15) is 0 Å². The SMILES string of the molecule is C=CCCn1c2ccc3ccccc3c2c2c3ccccc3ccc21. The van der Waals surface area contributed by atoms with Crippen molar-refractivity contribution in [2.75, 3.05) is 0 Å². The molecule has 0 aliphatic carbocycles. The van der Waals surface area contributed by atoms with Gasteiger partial charge in [0.15, 0.2) is 0 Å². The molecule has 0 spiro atoms. The summed E-state index contributed by atoms with van der Waals surface area (Å²) in [7, 11) is 0. The first-order valence-corrected chi connectivity index (χ1v) is 8.81. The van der Waals surface area contributed by atoms with E-state index < -0.39 is 0 Å². The highest BCUT2D eigenvalue weighted by Gasteiger charge is 2.15. The van der Waals surface area contributed by atoms with Crippen molar-refractivity contribution in [2.45, 2.75) is 13.0 Å². The van der Waals surface area contributed by atoms with Gasteiger partial charge >= 0.3 is 0 Å². The molecule has 0 saturated heterocycles. The Labute approximate surface area is 146 Å². The van der Waals surface area contributed by atoms with Crippen LogP contribution in [0.15, 0.2) is 85.5 Å². The molecule has 1 heterocycles. The predicted octanol–water partition coefficient (Wildman–Crippen LogP) is 6.68. The van der Waals surface area contributed by atoms with E-state index in [1.54, 1.807) is 0 Å². The highest BCUT2D eigenvalue weighted by atomic mass is 15.0. The Balaban J connectivity index is 2.07. The zero-order chi connectivity index (χ0) is 16.8. The van der Waals surface area contributed by atoms with Crippen LogP contribution in [0.5, 0.6) is 0 Å². The van der Waals surface area contributed by atoms with Gasteiger partial charge in [-0.05, 0) is 40.1 Å². The normalized spacial score (nSPS) is 11.7. The summed E-state index contributed by atoms with van der Waals surface area (Å²) >= 11 is 0. The first kappa shape index (κ1) is 14.3. The lowest BCUT2D eigenvalue weighted by Crippen LogP contribution is -1.96. The number of aromatic nitrogens is 1. The van der Waals surface area contributed by atoms with Crippen LogP contribution in [0.4, 0.5) is 0 Å². The molecular weight excluding hydrogens is 302 g/mol. The van der Waals surface area contributed by atoms with Gasteiger partial charge in [-0.1, -0.05) is 66.7 Å². The molecule has 0 radical (unpaired) electrons. The van der Waals surface area contributed by atoms with Gasteiger partial charge in [0.2, 0.25) is 0 Å². The molecule has 25 heavy (non-hydrogen) atoms. The Bertz CT molecular complexity index is 1160. The maximum absolute atomic E-state index is 3.91. The van der Waals surface area contributed by atoms with Crippen LogP contribution < -0.4 is 0 Å². The third-order valence-corrected chi connectivity index (χ3v) is 5.20. The fourth-order valence-electron chi connectivity index (χ4n) is 4.09. The smallest absolute Gasteiger partial charge is 0.0498 e. The number of nitrogens with zero attached hydrogens (tertiary/aromatic N) is 1. The zero-order valence-electron chi connectivity index (χ0n) is 14.1. The highest BCUT2D eigenvalue weighted by molar-refractivity contribution is 6.27. The van der Waals surface area contributed by atoms with Crippen LogP contribution >= 0.6 is 0 Å². The van der Waals surface area contributed by atoms with Crippen molar-refractivity contribution >= 4 is 43.4 Å². The van der Waals surface area contributed by atoms with Crippen LogP contribution in [0.25, 0.3) is 43.4 Å². The van der Waals surface area contributed by atoms with Crippen molar-refractivity contribution in [3.8, 4) is 0 Å². The minimum absolute atomic E-state index is 0.959. The number of allylic oxidation sites excluding steroid dienone is 1. The number of hydrogen-bond acceptors (Lipinski definition) is 0. The first-order chi connectivity index (χ1) is 12.4. The molecule has 5 rings (SSSR count). The van der Waals surface area contributed by atoms with E-state index in [0.717, 1.165) is 13.0 Å². The van der Waals surface area contributed by atoms with Crippen molar-refractivity contribution < 1.29 is 0 Å². The molecule has 1 heteroatoms. The Kier molecular flexibility index (Phi) is 3.14. The van der Waals surface area contributed by atoms with Gasteiger partial charge < -0.3 is 4.57 Å². The molecule has 1 aromatic heterocycles. The number of hydrogen-bond donors (Lipinski definition) is 0. The number of aryl methyl sites for hydroxylation is 1. The highest BCUT2D eigenvalue weighted by Crippen LogP contribution is 2.38. The second-order valence-corrected chi connectivity index (χ2v) is 6.59. The maximum Gasteiger partial charge on any atom is 0.0498 e. The molecule has 0 saturated carbocycles. The molecule has 0 aliphatic rings. The molecule has 4 aromatic carbocycles. The summed E-state index contributed by atoms with van der Waals surface area (Å²) in [5.41, 5.74) is 2.62. The molecule has 1 nitrogen and oxygen atoms in total. The molecular formula is C24H19N. The van der Waals surface area contributed by atoms with E-state index in [2.05, 4.69) is 83.9 Å². The third kappa shape index (κ3) is 2.02. The first-order valence-electron chi connectivity index (χ1n) is 8.81. The molecule has 0 aliphatic heterocycles. The van der Waals surface area contributed by atoms with E-state index >= 15 is 0 Å². The van der Waals surface area contributed by atoms with E-state index in [9.17, 15) is 0 Å². The lowest BCUT2D eigenvalue weighted by atomic mass is 10.00. The minimum Gasteiger partial charge on any atom is -0.340 e. The summed E-state index contributed by atoms with van der Waals surface area (Å²) < 4.78 is 2.45. The molecule has 0 fully saturated rings. The average molecular weight is 321 g/mol. The summed E-state index contributed by atoms with van der Waals surface area (Å²) in [4.78, 5) is 0. The Morgan fingerprint density at radius 3 is 1.72 bits per heavy atom. The summed E-state index contributed by atoms with van der Waals surface area (Å²) in [5, 5.41) is 8.00. The molecule has 120 valence electrons. The lowest BCUT2D eigenvalue weighted by Gasteiger charge is -2.06. The van der Waals surface area contributed by atoms with Crippen LogP contribution in [0.1, 0.15) is 6.42 Å². The number of fused-ring (bicyclic) bond motifs is 7. The molecule has 0 atom stereocenters. The van der Waals surface area contributed by atoms with Gasteiger partial charge in [0.05, 0.1) is 0 Å². The summed E-state index contributed by atoms with van der Waals surface area (Å²) in [5.74, 6) is 0. The Hall–Kier alpha value is -3.06. The van der Waals surface area contributed by atoms with Crippen LogP contribution in [0.2, 0.25) is 0 Å². The Morgan fingerprint density at radius 2 is 1.20 bits per heavy atom. The molecule has 0 bridgehead atoms. The average Bonchev–Trinajstić information content (AvgIpc) is 3.00. The van der Waals surface area contributed by atoms with Crippen molar-refractivity contribution in [1.29, 1.82) is 0 Å². The second-order valence-electron chi connectivity index (χ2n) is 6.59. The molecule has 0 amide bonds. The van der Waals surface area contributed by atoms with Crippen LogP contribution in [0, 0.1) is 0 Å². The van der Waals surface area contributed by atoms with E-state index in [1.807, 2.05) is 6.08 Å². The van der Waals surface area contributed by atoms with Crippen LogP contribution in [-0.2, 0) is 6.54 Å². The van der Waals surface area contributed by atoms with Gasteiger partial charge in [0, 0.05) is 28.4 Å². The summed E-state index contributed by atoms with van der Waals surface area (Å²) in [6, 6.07) is 26.4.